The molecule has 0 saturated carbocycles. The van der Waals surface area contributed by atoms with Crippen molar-refractivity contribution in [2.24, 2.45) is 0 Å². The molecule has 2 aromatic rings. The van der Waals surface area contributed by atoms with Gasteiger partial charge in [-0.1, -0.05) is 65.8 Å². The monoisotopic (exact) mass is 726 g/mol. The minimum absolute atomic E-state index is 0.0463. The smallest absolute Gasteiger partial charge is 0.192 e. The topological polar surface area (TPSA) is 102 Å². The summed E-state index contributed by atoms with van der Waals surface area (Å²) < 4.78 is 19.0. The molecule has 0 bridgehead atoms. The van der Waals surface area contributed by atoms with Gasteiger partial charge in [-0.05, 0) is 92.1 Å². The number of ether oxygens (including phenoxy) is 1. The Bertz CT molecular complexity index is 1720. The first-order valence-corrected chi connectivity index (χ1v) is 23.8. The minimum Gasteiger partial charge on any atom is -0.480 e. The average Bonchev–Trinajstić information content (AvgIpc) is 3.58. The molecule has 0 spiro atoms. The van der Waals surface area contributed by atoms with E-state index in [0.29, 0.717) is 18.8 Å². The lowest BCUT2D eigenvalue weighted by molar-refractivity contribution is 0.0954. The van der Waals surface area contributed by atoms with Crippen LogP contribution in [0.15, 0.2) is 65.0 Å². The SMILES string of the molecule is CC1(C)OC(=C(C#N)C#N)C(C#N)=C1/C=C/c1ccc(/C=C/c2ccc(N(CCO[Si](C)(C)C(C)(C)C)CCO[Si](C)(C)C(C)(C)C)cc2)s1. The van der Waals surface area contributed by atoms with E-state index in [4.69, 9.17) is 13.6 Å². The number of allylic oxidation sites excluding steroid dienone is 2. The molecule has 1 aromatic carbocycles. The summed E-state index contributed by atoms with van der Waals surface area (Å²) in [5.74, 6) is 0.0463. The number of nitrogens with zero attached hydrogens (tertiary/aromatic N) is 4. The maximum absolute atomic E-state index is 9.80. The summed E-state index contributed by atoms with van der Waals surface area (Å²) >= 11 is 1.63. The number of benzene rings is 1. The van der Waals surface area contributed by atoms with Crippen LogP contribution < -0.4 is 4.90 Å². The van der Waals surface area contributed by atoms with E-state index in [1.807, 2.05) is 44.2 Å². The Balaban J connectivity index is 1.75. The van der Waals surface area contributed by atoms with Gasteiger partial charge in [0, 0.05) is 34.1 Å². The highest BCUT2D eigenvalue weighted by Crippen LogP contribution is 2.41. The van der Waals surface area contributed by atoms with Gasteiger partial charge in [-0.3, -0.25) is 0 Å². The van der Waals surface area contributed by atoms with Crippen molar-refractivity contribution >= 4 is 51.9 Å². The Morgan fingerprint density at radius 1 is 0.780 bits per heavy atom. The molecular weight excluding hydrogens is 673 g/mol. The maximum atomic E-state index is 9.80. The second-order valence-electron chi connectivity index (χ2n) is 16.1. The van der Waals surface area contributed by atoms with Gasteiger partial charge in [0.2, 0.25) is 0 Å². The van der Waals surface area contributed by atoms with Crippen LogP contribution in [0.3, 0.4) is 0 Å². The summed E-state index contributed by atoms with van der Waals surface area (Å²) in [6.07, 6.45) is 8.00. The van der Waals surface area contributed by atoms with Gasteiger partial charge in [-0.15, -0.1) is 11.3 Å². The van der Waals surface area contributed by atoms with Crippen molar-refractivity contribution in [3.8, 4) is 18.2 Å². The van der Waals surface area contributed by atoms with E-state index in [9.17, 15) is 15.8 Å². The molecule has 1 aliphatic rings. The largest absolute Gasteiger partial charge is 0.480 e. The van der Waals surface area contributed by atoms with Gasteiger partial charge in [-0.25, -0.2) is 0 Å². The average molecular weight is 727 g/mol. The lowest BCUT2D eigenvalue weighted by Gasteiger charge is -2.38. The van der Waals surface area contributed by atoms with Gasteiger partial charge in [0.1, 0.15) is 29.4 Å². The van der Waals surface area contributed by atoms with Crippen molar-refractivity contribution in [1.29, 1.82) is 15.8 Å². The molecule has 0 N–H and O–H groups in total. The third-order valence-corrected chi connectivity index (χ3v) is 20.2. The van der Waals surface area contributed by atoms with Crippen molar-refractivity contribution in [1.82, 2.24) is 0 Å². The molecule has 3 rings (SSSR count). The zero-order valence-corrected chi connectivity index (χ0v) is 34.8. The highest BCUT2D eigenvalue weighted by Gasteiger charge is 2.39. The Labute approximate surface area is 307 Å². The molecule has 1 aliphatic heterocycles. The molecule has 0 atom stereocenters. The predicted molar refractivity (Wildman–Crippen MR) is 213 cm³/mol. The minimum atomic E-state index is -1.85. The molecular formula is C40H54N4O3SSi2. The third-order valence-electron chi connectivity index (χ3n) is 10.1. The van der Waals surface area contributed by atoms with Crippen molar-refractivity contribution in [3.05, 3.63) is 80.3 Å². The van der Waals surface area contributed by atoms with Gasteiger partial charge < -0.3 is 18.5 Å². The number of rotatable bonds is 13. The summed E-state index contributed by atoms with van der Waals surface area (Å²) in [6.45, 7) is 29.5. The molecule has 2 heterocycles. The Hall–Kier alpha value is -3.70. The van der Waals surface area contributed by atoms with E-state index >= 15 is 0 Å². The quantitative estimate of drug-likeness (QED) is 0.149. The molecule has 266 valence electrons. The van der Waals surface area contributed by atoms with Crippen LogP contribution in [0.1, 0.15) is 70.7 Å². The summed E-state index contributed by atoms with van der Waals surface area (Å²) in [4.78, 5) is 4.49. The summed E-state index contributed by atoms with van der Waals surface area (Å²) in [6, 6.07) is 18.5. The molecule has 50 heavy (non-hydrogen) atoms. The van der Waals surface area contributed by atoms with Gasteiger partial charge in [0.15, 0.2) is 28.0 Å². The van der Waals surface area contributed by atoms with Crippen molar-refractivity contribution < 1.29 is 13.6 Å². The fraction of sp³-hybridized carbons (Fsp3) is 0.475. The van der Waals surface area contributed by atoms with Gasteiger partial charge in [0.25, 0.3) is 0 Å². The highest BCUT2D eigenvalue weighted by atomic mass is 32.1. The second kappa shape index (κ2) is 16.1. The Morgan fingerprint density at radius 2 is 1.26 bits per heavy atom. The van der Waals surface area contributed by atoms with Crippen LogP contribution in [0, 0.1) is 34.0 Å². The molecule has 0 saturated heterocycles. The van der Waals surface area contributed by atoms with Crippen LogP contribution >= 0.6 is 11.3 Å². The number of nitriles is 3. The lowest BCUT2D eigenvalue weighted by atomic mass is 9.94. The molecule has 0 radical (unpaired) electrons. The van der Waals surface area contributed by atoms with E-state index in [2.05, 4.69) is 121 Å². The zero-order valence-electron chi connectivity index (χ0n) is 32.0. The first kappa shape index (κ1) is 40.7. The van der Waals surface area contributed by atoms with Crippen molar-refractivity contribution in [3.63, 3.8) is 0 Å². The van der Waals surface area contributed by atoms with E-state index in [1.165, 1.54) is 0 Å². The standard InChI is InChI=1S/C40H54N4O3SSi2/c1-38(2,3)49(9,10)45-25-23-44(24-26-46-50(11,12)39(4,5)6)32-16-13-30(14-17-32)15-18-33-19-20-34(48-33)21-22-36-35(29-43)37(31(27-41)28-42)47-40(36,7)8/h13-22H,23-26H2,1-12H3/b18-15+,22-21+. The molecule has 0 unspecified atom stereocenters. The van der Waals surface area contributed by atoms with Gasteiger partial charge in [0.05, 0.1) is 13.2 Å². The number of anilines is 1. The number of thiophene rings is 1. The first-order valence-electron chi connectivity index (χ1n) is 17.1. The van der Waals surface area contributed by atoms with Crippen molar-refractivity contribution in [2.75, 3.05) is 31.2 Å². The van der Waals surface area contributed by atoms with E-state index in [0.717, 1.165) is 34.1 Å². The fourth-order valence-electron chi connectivity index (χ4n) is 4.79. The van der Waals surface area contributed by atoms with Crippen molar-refractivity contribution in [2.45, 2.75) is 97.3 Å². The fourth-order valence-corrected chi connectivity index (χ4v) is 7.68. The zero-order chi connectivity index (χ0) is 37.5. The van der Waals surface area contributed by atoms with Gasteiger partial charge in [-0.2, -0.15) is 15.8 Å². The third kappa shape index (κ3) is 10.2. The second-order valence-corrected chi connectivity index (χ2v) is 26.9. The summed E-state index contributed by atoms with van der Waals surface area (Å²) in [5, 5.41) is 28.8. The number of hydrogen-bond acceptors (Lipinski definition) is 8. The Kier molecular flexibility index (Phi) is 13.1. The van der Waals surface area contributed by atoms with E-state index < -0.39 is 22.2 Å². The first-order chi connectivity index (χ1) is 23.2. The Morgan fingerprint density at radius 3 is 1.70 bits per heavy atom. The van der Waals surface area contributed by atoms with Crippen LogP contribution in [0.2, 0.25) is 36.3 Å². The molecule has 0 fully saturated rings. The number of hydrogen-bond donors (Lipinski definition) is 0. The van der Waals surface area contributed by atoms with Crippen LogP contribution in [0.4, 0.5) is 5.69 Å². The maximum Gasteiger partial charge on any atom is 0.192 e. The van der Waals surface area contributed by atoms with Crippen LogP contribution in [0.5, 0.6) is 0 Å². The predicted octanol–water partition coefficient (Wildman–Crippen LogP) is 10.7. The van der Waals surface area contributed by atoms with E-state index in [1.54, 1.807) is 11.3 Å². The molecule has 7 nitrogen and oxygen atoms in total. The summed E-state index contributed by atoms with van der Waals surface area (Å²) in [5.41, 5.74) is 2.07. The molecule has 0 aliphatic carbocycles. The lowest BCUT2D eigenvalue weighted by Crippen LogP contribution is -2.44. The molecule has 1 aromatic heterocycles. The highest BCUT2D eigenvalue weighted by molar-refractivity contribution is 7.13. The van der Waals surface area contributed by atoms with Crippen LogP contribution in [0.25, 0.3) is 18.2 Å². The van der Waals surface area contributed by atoms with Crippen LogP contribution in [-0.2, 0) is 13.6 Å². The molecule has 10 heteroatoms. The molecule has 0 amide bonds. The van der Waals surface area contributed by atoms with Gasteiger partial charge >= 0.3 is 0 Å². The summed E-state index contributed by atoms with van der Waals surface area (Å²) in [7, 11) is -3.70. The van der Waals surface area contributed by atoms with Crippen LogP contribution in [-0.4, -0.2) is 48.5 Å². The normalized spacial score (nSPS) is 15.3. The van der Waals surface area contributed by atoms with E-state index in [-0.39, 0.29) is 27.0 Å².